The quantitative estimate of drug-likeness (QED) is 0.136. The number of nitrogens with zero attached hydrogens (tertiary/aromatic N) is 9. The van der Waals surface area contributed by atoms with Crippen LogP contribution in [0.1, 0.15) is 44.5 Å². The van der Waals surface area contributed by atoms with E-state index in [2.05, 4.69) is 347 Å². The number of hydrogen-bond donors (Lipinski definition) is 0. The van der Waals surface area contributed by atoms with Crippen molar-refractivity contribution in [1.29, 1.82) is 0 Å². The minimum atomic E-state index is 0.475. The molecule has 0 aliphatic rings. The summed E-state index contributed by atoms with van der Waals surface area (Å²) in [5.74, 6) is 2.13. The fourth-order valence-electron chi connectivity index (χ4n) is 16.0. The molecule has 13 aromatic carbocycles. The molecule has 0 saturated carbocycles. The van der Waals surface area contributed by atoms with E-state index in [9.17, 15) is 0 Å². The minimum absolute atomic E-state index is 0.475. The lowest BCUT2D eigenvalue weighted by molar-refractivity contribution is 1.02. The fourth-order valence-corrected chi connectivity index (χ4v) is 16.0. The first-order valence-electron chi connectivity index (χ1n) is 35.0. The highest BCUT2D eigenvalue weighted by Crippen LogP contribution is 2.55. The SMILES string of the molecule is Cc1ccc2c(c1)c1cc(C)ccc1n2-c1c(-c2cc(-c3ccccc3)nc(-c3ccccc3)n2)c(-n2c3ccc(C)cc3c3cc(C)ccc32)c(-n2c3ccc(C)cc3c3cc(C)ccc32)c(-c2nc(-c3ccccc3)nc(-c3ccccc3)n2)c1-n1c2ccc(C)cc2c2cc(C)ccc21. The minimum Gasteiger partial charge on any atom is -0.306 e. The van der Waals surface area contributed by atoms with Crippen molar-refractivity contribution in [2.75, 3.05) is 0 Å². The van der Waals surface area contributed by atoms with Crippen molar-refractivity contribution in [3.05, 3.63) is 317 Å². The summed E-state index contributed by atoms with van der Waals surface area (Å²) in [5.41, 5.74) is 27.4. The lowest BCUT2D eigenvalue weighted by atomic mass is 9.93. The molecule has 102 heavy (non-hydrogen) atoms. The highest BCUT2D eigenvalue weighted by atomic mass is 15.1. The molecule has 0 aliphatic carbocycles. The summed E-state index contributed by atoms with van der Waals surface area (Å²) in [7, 11) is 0. The van der Waals surface area contributed by atoms with Crippen LogP contribution in [0.25, 0.3) is 178 Å². The second-order valence-corrected chi connectivity index (χ2v) is 27.9. The van der Waals surface area contributed by atoms with Gasteiger partial charge in [-0.25, -0.2) is 24.9 Å². The Morgan fingerprint density at radius 1 is 0.186 bits per heavy atom. The monoisotopic (exact) mass is 1310 g/mol. The molecule has 9 heteroatoms. The number of rotatable bonds is 10. The van der Waals surface area contributed by atoms with Gasteiger partial charge >= 0.3 is 0 Å². The summed E-state index contributed by atoms with van der Waals surface area (Å²) in [6.07, 6.45) is 0. The van der Waals surface area contributed by atoms with E-state index in [1.165, 1.54) is 0 Å². The van der Waals surface area contributed by atoms with Crippen molar-refractivity contribution in [2.24, 2.45) is 0 Å². The Morgan fingerprint density at radius 3 is 0.667 bits per heavy atom. The Labute approximate surface area is 590 Å². The summed E-state index contributed by atoms with van der Waals surface area (Å²) >= 11 is 0. The molecular formula is C93H69N9. The average Bonchev–Trinajstić information content (AvgIpc) is 1.44. The zero-order chi connectivity index (χ0) is 68.8. The smallest absolute Gasteiger partial charge is 0.168 e. The van der Waals surface area contributed by atoms with Gasteiger partial charge in [-0.15, -0.1) is 0 Å². The number of aromatic nitrogens is 9. The Morgan fingerprint density at radius 2 is 0.402 bits per heavy atom. The van der Waals surface area contributed by atoms with Gasteiger partial charge in [0.25, 0.3) is 0 Å². The Balaban J connectivity index is 1.21. The first-order chi connectivity index (χ1) is 49.8. The summed E-state index contributed by atoms with van der Waals surface area (Å²) in [4.78, 5) is 29.5. The van der Waals surface area contributed by atoms with Crippen molar-refractivity contribution >= 4 is 87.2 Å². The van der Waals surface area contributed by atoms with Gasteiger partial charge in [0, 0.05) is 65.3 Å². The molecule has 19 rings (SSSR count). The van der Waals surface area contributed by atoms with Gasteiger partial charge in [-0.3, -0.25) is 0 Å². The van der Waals surface area contributed by atoms with Crippen LogP contribution in [0.3, 0.4) is 0 Å². The number of hydrogen-bond acceptors (Lipinski definition) is 5. The molecule has 0 atom stereocenters. The third-order valence-electron chi connectivity index (χ3n) is 20.6. The lowest BCUT2D eigenvalue weighted by Crippen LogP contribution is -2.17. The Hall–Kier alpha value is -12.9. The van der Waals surface area contributed by atoms with Crippen LogP contribution in [0.2, 0.25) is 0 Å². The van der Waals surface area contributed by atoms with Gasteiger partial charge < -0.3 is 18.3 Å². The van der Waals surface area contributed by atoms with Gasteiger partial charge in [0.1, 0.15) is 0 Å². The molecule has 0 radical (unpaired) electrons. The van der Waals surface area contributed by atoms with E-state index in [4.69, 9.17) is 24.9 Å². The van der Waals surface area contributed by atoms with Gasteiger partial charge in [0.2, 0.25) is 0 Å². The summed E-state index contributed by atoms with van der Waals surface area (Å²) in [5, 5.41) is 8.96. The molecule has 486 valence electrons. The van der Waals surface area contributed by atoms with Crippen LogP contribution in [0.4, 0.5) is 0 Å². The molecule has 0 saturated heterocycles. The van der Waals surface area contributed by atoms with E-state index in [1.807, 2.05) is 0 Å². The highest BCUT2D eigenvalue weighted by molar-refractivity contribution is 6.19. The van der Waals surface area contributed by atoms with Crippen molar-refractivity contribution in [2.45, 2.75) is 55.4 Å². The van der Waals surface area contributed by atoms with E-state index >= 15 is 0 Å². The van der Waals surface area contributed by atoms with Gasteiger partial charge in [-0.1, -0.05) is 214 Å². The van der Waals surface area contributed by atoms with Crippen molar-refractivity contribution in [3.8, 4) is 90.8 Å². The van der Waals surface area contributed by atoms with Crippen LogP contribution in [0, 0.1) is 55.4 Å². The molecule has 0 unspecified atom stereocenters. The molecule has 0 N–H and O–H groups in total. The maximum Gasteiger partial charge on any atom is 0.168 e. The molecule has 0 aliphatic heterocycles. The summed E-state index contributed by atoms with van der Waals surface area (Å²) in [6, 6.07) is 99.8. The van der Waals surface area contributed by atoms with Crippen molar-refractivity contribution in [1.82, 2.24) is 43.2 Å². The summed E-state index contributed by atoms with van der Waals surface area (Å²) < 4.78 is 10.2. The average molecular weight is 1310 g/mol. The standard InChI is InChI=1S/C93H69N9/c1-54-29-37-76-66(45-54)67-46-55(2)30-38-77(67)99(76)86-84(75-53-74(62-21-13-9-14-22-62)94-90(95-75)63-23-15-10-16-24-63)87(100-78-39-31-56(3)47-68(78)69-48-57(4)32-40-79(69)100)89(102-82-43-35-60(7)51-72(82)73-52-61(8)36-44-83(73)102)85(88(86)101-80-41-33-58(5)49-70(80)71-50-59(6)34-42-81(71)101)93-97-91(64-25-17-11-18-26-64)96-92(98-93)65-27-19-12-20-28-65/h9-53H,1-8H3. The molecule has 19 aromatic rings. The van der Waals surface area contributed by atoms with Crippen LogP contribution in [-0.2, 0) is 0 Å². The van der Waals surface area contributed by atoms with Crippen LogP contribution in [0.5, 0.6) is 0 Å². The van der Waals surface area contributed by atoms with E-state index < -0.39 is 0 Å². The molecule has 9 nitrogen and oxygen atoms in total. The second-order valence-electron chi connectivity index (χ2n) is 27.9. The van der Waals surface area contributed by atoms with E-state index in [1.54, 1.807) is 0 Å². The van der Waals surface area contributed by atoms with E-state index in [0.717, 1.165) is 194 Å². The van der Waals surface area contributed by atoms with Crippen LogP contribution >= 0.6 is 0 Å². The predicted octanol–water partition coefficient (Wildman–Crippen LogP) is 23.5. The molecule has 0 fully saturated rings. The first-order valence-corrected chi connectivity index (χ1v) is 35.0. The van der Waals surface area contributed by atoms with E-state index in [0.29, 0.717) is 29.0 Å². The number of fused-ring (bicyclic) bond motifs is 12. The molecular weight excluding hydrogens is 1240 g/mol. The number of benzene rings is 13. The fraction of sp³-hybridized carbons (Fsp3) is 0.0860. The van der Waals surface area contributed by atoms with Crippen LogP contribution < -0.4 is 0 Å². The van der Waals surface area contributed by atoms with Crippen molar-refractivity contribution in [3.63, 3.8) is 0 Å². The van der Waals surface area contributed by atoms with Crippen LogP contribution in [-0.4, -0.2) is 43.2 Å². The van der Waals surface area contributed by atoms with Gasteiger partial charge in [0.15, 0.2) is 23.3 Å². The molecule has 0 spiro atoms. The largest absolute Gasteiger partial charge is 0.306 e. The molecule has 0 bridgehead atoms. The maximum atomic E-state index is 6.17. The Kier molecular flexibility index (Phi) is 13.8. The van der Waals surface area contributed by atoms with Crippen molar-refractivity contribution < 1.29 is 0 Å². The lowest BCUT2D eigenvalue weighted by Gasteiger charge is -2.31. The zero-order valence-corrected chi connectivity index (χ0v) is 58.0. The zero-order valence-electron chi connectivity index (χ0n) is 58.0. The van der Waals surface area contributed by atoms with E-state index in [-0.39, 0.29) is 0 Å². The second kappa shape index (κ2) is 23.4. The van der Waals surface area contributed by atoms with Crippen LogP contribution in [0.15, 0.2) is 273 Å². The first kappa shape index (κ1) is 60.3. The summed E-state index contributed by atoms with van der Waals surface area (Å²) in [6.45, 7) is 17.6. The maximum absolute atomic E-state index is 6.17. The molecule has 0 amide bonds. The molecule has 6 heterocycles. The highest BCUT2D eigenvalue weighted by Gasteiger charge is 2.38. The Bertz CT molecular complexity index is 5660. The van der Waals surface area contributed by atoms with Gasteiger partial charge in [0.05, 0.1) is 89.4 Å². The third-order valence-corrected chi connectivity index (χ3v) is 20.6. The molecule has 6 aromatic heterocycles. The third kappa shape index (κ3) is 9.63. The normalized spacial score (nSPS) is 11.9. The predicted molar refractivity (Wildman–Crippen MR) is 423 cm³/mol. The van der Waals surface area contributed by atoms with Gasteiger partial charge in [-0.05, 0) is 159 Å². The van der Waals surface area contributed by atoms with Gasteiger partial charge in [-0.2, -0.15) is 0 Å². The number of aryl methyl sites for hydroxylation is 8. The topological polar surface area (TPSA) is 84.2 Å².